The van der Waals surface area contributed by atoms with Crippen molar-refractivity contribution in [2.45, 2.75) is 76.2 Å². The fourth-order valence-electron chi connectivity index (χ4n) is 4.00. The monoisotopic (exact) mass is 417 g/mol. The highest BCUT2D eigenvalue weighted by Gasteiger charge is 2.60. The lowest BCUT2D eigenvalue weighted by Crippen LogP contribution is -2.51. The Morgan fingerprint density at radius 3 is 2.67 bits per heavy atom. The molecule has 2 saturated heterocycles. The number of rotatable bonds is 9. The van der Waals surface area contributed by atoms with E-state index < -0.39 is 36.7 Å². The maximum Gasteiger partial charge on any atom is 0.335 e. The number of hydrogen-bond donors (Lipinski definition) is 3. The van der Waals surface area contributed by atoms with Gasteiger partial charge >= 0.3 is 5.97 Å². The van der Waals surface area contributed by atoms with Crippen molar-refractivity contribution in [1.29, 1.82) is 0 Å². The van der Waals surface area contributed by atoms with E-state index in [1.165, 1.54) is 6.42 Å². The summed E-state index contributed by atoms with van der Waals surface area (Å²) in [6.07, 6.45) is 0.889. The van der Waals surface area contributed by atoms with E-state index >= 15 is 0 Å². The molecule has 0 bridgehead atoms. The number of aryl methyl sites for hydroxylation is 1. The Balaban J connectivity index is 1.61. The van der Waals surface area contributed by atoms with Crippen LogP contribution in [0.5, 0.6) is 5.75 Å². The number of ether oxygens (including phenoxy) is 3. The number of pyridine rings is 1. The normalized spacial score (nSPS) is 27.6. The van der Waals surface area contributed by atoms with Gasteiger partial charge in [0.25, 0.3) is 0 Å². The number of nitrogens with one attached hydrogen (secondary N) is 1. The Labute approximate surface area is 173 Å². The SMILES string of the molecule is CCCCCCCc1[nH]c2ccccc2c(=O)c1O[C@@H]1OC(C(=O)O)[C@@H]2O[C@H]2C1O. The van der Waals surface area contributed by atoms with E-state index in [4.69, 9.17) is 14.2 Å². The van der Waals surface area contributed by atoms with Crippen molar-refractivity contribution in [3.8, 4) is 5.75 Å². The van der Waals surface area contributed by atoms with Gasteiger partial charge in [0.15, 0.2) is 11.9 Å². The number of carbonyl (C=O) groups is 1. The highest BCUT2D eigenvalue weighted by Crippen LogP contribution is 2.38. The molecule has 0 spiro atoms. The molecule has 2 unspecified atom stereocenters. The average molecular weight is 417 g/mol. The smallest absolute Gasteiger partial charge is 0.335 e. The van der Waals surface area contributed by atoms with Gasteiger partial charge in [0.05, 0.1) is 5.69 Å². The Hall–Kier alpha value is -2.42. The lowest BCUT2D eigenvalue weighted by atomic mass is 10.1. The zero-order valence-corrected chi connectivity index (χ0v) is 16.9. The van der Waals surface area contributed by atoms with E-state index in [1.54, 1.807) is 12.1 Å². The molecule has 30 heavy (non-hydrogen) atoms. The summed E-state index contributed by atoms with van der Waals surface area (Å²) in [7, 11) is 0. The average Bonchev–Trinajstić information content (AvgIpc) is 3.53. The minimum absolute atomic E-state index is 0.0662. The number of epoxide rings is 1. The molecule has 8 heteroatoms. The quantitative estimate of drug-likeness (QED) is 0.423. The van der Waals surface area contributed by atoms with Crippen molar-refractivity contribution in [1.82, 2.24) is 4.98 Å². The molecule has 2 aliphatic rings. The van der Waals surface area contributed by atoms with Gasteiger partial charge in [-0.25, -0.2) is 4.79 Å². The van der Waals surface area contributed by atoms with Gasteiger partial charge in [0, 0.05) is 10.9 Å². The van der Waals surface area contributed by atoms with Crippen LogP contribution in [0.15, 0.2) is 29.1 Å². The van der Waals surface area contributed by atoms with Crippen molar-refractivity contribution >= 4 is 16.9 Å². The first-order valence-corrected chi connectivity index (χ1v) is 10.5. The summed E-state index contributed by atoms with van der Waals surface area (Å²) in [4.78, 5) is 27.8. The number of hydrogen-bond acceptors (Lipinski definition) is 6. The number of aromatic amines is 1. The fourth-order valence-corrected chi connectivity index (χ4v) is 4.00. The van der Waals surface area contributed by atoms with E-state index in [1.807, 2.05) is 12.1 Å². The van der Waals surface area contributed by atoms with Crippen LogP contribution >= 0.6 is 0 Å². The van der Waals surface area contributed by atoms with E-state index in [-0.39, 0.29) is 11.2 Å². The molecule has 2 aliphatic heterocycles. The molecule has 3 heterocycles. The molecule has 3 N–H and O–H groups in total. The first kappa shape index (κ1) is 20.8. The molecule has 0 amide bonds. The number of aromatic nitrogens is 1. The number of aliphatic carboxylic acids is 1. The number of fused-ring (bicyclic) bond motifs is 2. The van der Waals surface area contributed by atoms with Crippen LogP contribution < -0.4 is 10.2 Å². The fraction of sp³-hybridized carbons (Fsp3) is 0.545. The number of benzene rings is 1. The van der Waals surface area contributed by atoms with Crippen LogP contribution in [0.1, 0.15) is 44.7 Å². The maximum absolute atomic E-state index is 13.1. The molecule has 2 aromatic rings. The van der Waals surface area contributed by atoms with Crippen LogP contribution in [0.25, 0.3) is 10.9 Å². The number of unbranched alkanes of at least 4 members (excludes halogenated alkanes) is 4. The molecule has 1 aromatic heterocycles. The Morgan fingerprint density at radius 1 is 1.13 bits per heavy atom. The van der Waals surface area contributed by atoms with E-state index in [0.29, 0.717) is 23.0 Å². The minimum Gasteiger partial charge on any atom is -0.479 e. The van der Waals surface area contributed by atoms with Gasteiger partial charge in [-0.2, -0.15) is 0 Å². The predicted molar refractivity (Wildman–Crippen MR) is 109 cm³/mol. The lowest BCUT2D eigenvalue weighted by Gasteiger charge is -2.29. The second-order valence-corrected chi connectivity index (χ2v) is 7.91. The summed E-state index contributed by atoms with van der Waals surface area (Å²) < 4.78 is 16.5. The molecular weight excluding hydrogens is 390 g/mol. The maximum atomic E-state index is 13.1. The zero-order chi connectivity index (χ0) is 21.3. The molecule has 162 valence electrons. The van der Waals surface area contributed by atoms with Crippen LogP contribution in [0.3, 0.4) is 0 Å². The highest BCUT2D eigenvalue weighted by atomic mass is 16.7. The van der Waals surface area contributed by atoms with Crippen LogP contribution in [-0.4, -0.2) is 51.9 Å². The number of para-hydroxylation sites is 1. The first-order chi connectivity index (χ1) is 14.5. The van der Waals surface area contributed by atoms with Crippen molar-refractivity contribution in [2.75, 3.05) is 0 Å². The van der Waals surface area contributed by atoms with Gasteiger partial charge in [0.1, 0.15) is 18.3 Å². The first-order valence-electron chi connectivity index (χ1n) is 10.5. The summed E-state index contributed by atoms with van der Waals surface area (Å²) >= 11 is 0. The van der Waals surface area contributed by atoms with Gasteiger partial charge < -0.3 is 29.4 Å². The number of H-pyrrole nitrogens is 1. The number of aliphatic hydroxyl groups is 1. The van der Waals surface area contributed by atoms with E-state index in [2.05, 4.69) is 11.9 Å². The molecule has 0 saturated carbocycles. The summed E-state index contributed by atoms with van der Waals surface area (Å²) in [5.41, 5.74) is 1.02. The number of carboxylic acid groups (broad SMARTS) is 1. The summed E-state index contributed by atoms with van der Waals surface area (Å²) in [6, 6.07) is 7.14. The largest absolute Gasteiger partial charge is 0.479 e. The van der Waals surface area contributed by atoms with Crippen LogP contribution in [0.4, 0.5) is 0 Å². The van der Waals surface area contributed by atoms with Crippen molar-refractivity contribution in [3.05, 3.63) is 40.2 Å². The molecule has 0 aliphatic carbocycles. The molecular formula is C22H27NO7. The molecule has 0 radical (unpaired) electrons. The minimum atomic E-state index is -1.30. The van der Waals surface area contributed by atoms with Crippen LogP contribution in [0, 0.1) is 0 Å². The third-order valence-corrected chi connectivity index (χ3v) is 5.70. The second-order valence-electron chi connectivity index (χ2n) is 7.91. The zero-order valence-electron chi connectivity index (χ0n) is 16.9. The van der Waals surface area contributed by atoms with Crippen molar-refractivity contribution < 1.29 is 29.2 Å². The Kier molecular flexibility index (Phi) is 6.08. The standard InChI is InChI=1S/C22H27NO7/c1-2-3-4-5-6-11-14-17(15(24)12-9-7-8-10-13(12)23-14)29-22-16(25)18-19(28-18)20(30-22)21(26)27/h7-10,16,18-20,22,25H,2-6,11H2,1H3,(H,23,24)(H,26,27)/t16?,18-,19+,20?,22+/m0/s1. The Bertz CT molecular complexity index is 972. The summed E-state index contributed by atoms with van der Waals surface area (Å²) in [6.45, 7) is 2.15. The van der Waals surface area contributed by atoms with Gasteiger partial charge in [0.2, 0.25) is 11.7 Å². The number of aliphatic hydroxyl groups excluding tert-OH is 1. The summed E-state index contributed by atoms with van der Waals surface area (Å²) in [5, 5.41) is 20.2. The van der Waals surface area contributed by atoms with Gasteiger partial charge in [-0.1, -0.05) is 44.7 Å². The van der Waals surface area contributed by atoms with Crippen molar-refractivity contribution in [3.63, 3.8) is 0 Å². The Morgan fingerprint density at radius 2 is 1.90 bits per heavy atom. The van der Waals surface area contributed by atoms with Gasteiger partial charge in [-0.15, -0.1) is 0 Å². The topological polar surface area (TPSA) is 121 Å². The molecule has 8 nitrogen and oxygen atoms in total. The predicted octanol–water partition coefficient (Wildman–Crippen LogP) is 2.36. The van der Waals surface area contributed by atoms with Gasteiger partial charge in [-0.05, 0) is 25.0 Å². The molecule has 2 fully saturated rings. The summed E-state index contributed by atoms with van der Waals surface area (Å²) in [5.74, 6) is -1.12. The van der Waals surface area contributed by atoms with E-state index in [9.17, 15) is 19.8 Å². The van der Waals surface area contributed by atoms with E-state index in [0.717, 1.165) is 25.7 Å². The molecule has 5 atom stereocenters. The molecule has 4 rings (SSSR count). The van der Waals surface area contributed by atoms with Crippen molar-refractivity contribution in [2.24, 2.45) is 0 Å². The third-order valence-electron chi connectivity index (χ3n) is 5.70. The number of carboxylic acids is 1. The van der Waals surface area contributed by atoms with Gasteiger partial charge in [-0.3, -0.25) is 4.79 Å². The third kappa shape index (κ3) is 4.08. The highest BCUT2D eigenvalue weighted by molar-refractivity contribution is 5.80. The van der Waals surface area contributed by atoms with Crippen LogP contribution in [-0.2, 0) is 20.7 Å². The molecule has 1 aromatic carbocycles. The second kappa shape index (κ2) is 8.75. The van der Waals surface area contributed by atoms with Crippen LogP contribution in [0.2, 0.25) is 0 Å². The lowest BCUT2D eigenvalue weighted by molar-refractivity contribution is -0.202.